The number of nitrogens with one attached hydrogen (secondary N) is 3. The van der Waals surface area contributed by atoms with Crippen LogP contribution in [-0.4, -0.2) is 48.1 Å². The fourth-order valence-corrected chi connectivity index (χ4v) is 3.15. The number of carbonyl (C=O) groups excluding carboxylic acids is 2. The molecule has 1 atom stereocenters. The fourth-order valence-electron chi connectivity index (χ4n) is 2.18. The van der Waals surface area contributed by atoms with Crippen molar-refractivity contribution in [2.24, 2.45) is 4.99 Å². The number of aromatic nitrogens is 1. The van der Waals surface area contributed by atoms with Gasteiger partial charge in [0.2, 0.25) is 5.91 Å². The van der Waals surface area contributed by atoms with Crippen LogP contribution in [0.15, 0.2) is 4.99 Å². The summed E-state index contributed by atoms with van der Waals surface area (Å²) >= 11 is 1.30. The van der Waals surface area contributed by atoms with Gasteiger partial charge in [-0.3, -0.25) is 4.79 Å². The molecular formula is C18H31N5O3S. The molecule has 1 amide bonds. The second kappa shape index (κ2) is 10.2. The van der Waals surface area contributed by atoms with Gasteiger partial charge >= 0.3 is 5.97 Å². The van der Waals surface area contributed by atoms with E-state index in [-0.39, 0.29) is 30.0 Å². The van der Waals surface area contributed by atoms with Gasteiger partial charge < -0.3 is 20.7 Å². The number of rotatable bonds is 7. The first-order chi connectivity index (χ1) is 12.6. The maximum atomic E-state index is 12.0. The standard InChI is InChI=1S/C18H31N5O3S/c1-8-19-17(20-10-13(24)23-18(5,6)7)22-12(4)15-21-11(3)14(27-15)16(25)26-9-2/h12H,8-10H2,1-7H3,(H,23,24)(H2,19,20,22). The monoisotopic (exact) mass is 397 g/mol. The third-order valence-electron chi connectivity index (χ3n) is 3.24. The molecule has 0 aromatic carbocycles. The van der Waals surface area contributed by atoms with E-state index in [2.05, 4.69) is 25.9 Å². The highest BCUT2D eigenvalue weighted by atomic mass is 32.1. The Balaban J connectivity index is 2.82. The zero-order chi connectivity index (χ0) is 20.6. The minimum atomic E-state index is -0.356. The Morgan fingerprint density at radius 3 is 2.52 bits per heavy atom. The Morgan fingerprint density at radius 2 is 1.96 bits per heavy atom. The summed E-state index contributed by atoms with van der Waals surface area (Å²) in [6.45, 7) is 14.2. The van der Waals surface area contributed by atoms with Crippen LogP contribution in [0.1, 0.15) is 68.0 Å². The van der Waals surface area contributed by atoms with Crippen LogP contribution < -0.4 is 16.0 Å². The second-order valence-electron chi connectivity index (χ2n) is 7.05. The molecule has 0 spiro atoms. The van der Waals surface area contributed by atoms with E-state index >= 15 is 0 Å². The fraction of sp³-hybridized carbons (Fsp3) is 0.667. The molecule has 1 aromatic heterocycles. The number of ether oxygens (including phenoxy) is 1. The highest BCUT2D eigenvalue weighted by molar-refractivity contribution is 7.13. The van der Waals surface area contributed by atoms with Crippen molar-refractivity contribution in [2.75, 3.05) is 19.7 Å². The normalized spacial score (nSPS) is 13.1. The first kappa shape index (κ1) is 22.9. The summed E-state index contributed by atoms with van der Waals surface area (Å²) in [5, 5.41) is 9.95. The van der Waals surface area contributed by atoms with Gasteiger partial charge in [0, 0.05) is 12.1 Å². The first-order valence-corrected chi connectivity index (χ1v) is 9.89. The maximum absolute atomic E-state index is 12.0. The lowest BCUT2D eigenvalue weighted by molar-refractivity contribution is -0.121. The van der Waals surface area contributed by atoms with Gasteiger partial charge in [-0.15, -0.1) is 11.3 Å². The molecule has 1 heterocycles. The summed E-state index contributed by atoms with van der Waals surface area (Å²) in [5.74, 6) is 0.00650. The quantitative estimate of drug-likeness (QED) is 0.370. The van der Waals surface area contributed by atoms with Gasteiger partial charge in [0.1, 0.15) is 16.4 Å². The van der Waals surface area contributed by atoms with Crippen LogP contribution in [0.4, 0.5) is 0 Å². The summed E-state index contributed by atoms with van der Waals surface area (Å²) in [5.41, 5.74) is 0.349. The first-order valence-electron chi connectivity index (χ1n) is 9.07. The van der Waals surface area contributed by atoms with Crippen molar-refractivity contribution < 1.29 is 14.3 Å². The van der Waals surface area contributed by atoms with Crippen molar-refractivity contribution >= 4 is 29.2 Å². The van der Waals surface area contributed by atoms with Crippen LogP contribution in [0, 0.1) is 6.92 Å². The molecule has 152 valence electrons. The van der Waals surface area contributed by atoms with Gasteiger partial charge in [0.15, 0.2) is 5.96 Å². The number of aryl methyl sites for hydroxylation is 1. The van der Waals surface area contributed by atoms with E-state index in [1.807, 2.05) is 34.6 Å². The second-order valence-corrected chi connectivity index (χ2v) is 8.08. The average molecular weight is 398 g/mol. The number of thiazole rings is 1. The molecule has 0 fully saturated rings. The molecule has 1 unspecified atom stereocenters. The minimum Gasteiger partial charge on any atom is -0.462 e. The molecular weight excluding hydrogens is 366 g/mol. The Hall–Kier alpha value is -2.16. The van der Waals surface area contributed by atoms with Crippen molar-refractivity contribution in [2.45, 2.75) is 60.0 Å². The van der Waals surface area contributed by atoms with Crippen molar-refractivity contribution in [1.29, 1.82) is 0 Å². The molecule has 0 aliphatic carbocycles. The van der Waals surface area contributed by atoms with E-state index in [1.54, 1.807) is 13.8 Å². The van der Waals surface area contributed by atoms with E-state index in [0.29, 0.717) is 29.7 Å². The molecule has 0 radical (unpaired) electrons. The van der Waals surface area contributed by atoms with Crippen LogP contribution >= 0.6 is 11.3 Å². The third-order valence-corrected chi connectivity index (χ3v) is 4.56. The Bertz CT molecular complexity index is 679. The van der Waals surface area contributed by atoms with Gasteiger partial charge in [0.05, 0.1) is 18.3 Å². The highest BCUT2D eigenvalue weighted by Gasteiger charge is 2.20. The molecule has 0 saturated heterocycles. The third kappa shape index (κ3) is 7.94. The van der Waals surface area contributed by atoms with E-state index in [0.717, 1.165) is 5.01 Å². The molecule has 27 heavy (non-hydrogen) atoms. The van der Waals surface area contributed by atoms with Crippen molar-refractivity contribution in [3.8, 4) is 0 Å². The molecule has 0 saturated carbocycles. The van der Waals surface area contributed by atoms with Gasteiger partial charge in [-0.1, -0.05) is 0 Å². The molecule has 8 nitrogen and oxygen atoms in total. The summed E-state index contributed by atoms with van der Waals surface area (Å²) in [4.78, 5) is 33.2. The van der Waals surface area contributed by atoms with Crippen LogP contribution in [0.3, 0.4) is 0 Å². The molecule has 1 rings (SSSR count). The number of aliphatic imine (C=N–C) groups is 1. The number of esters is 1. The number of hydrogen-bond donors (Lipinski definition) is 3. The maximum Gasteiger partial charge on any atom is 0.350 e. The van der Waals surface area contributed by atoms with Crippen LogP contribution in [0.25, 0.3) is 0 Å². The average Bonchev–Trinajstić information content (AvgIpc) is 2.93. The predicted octanol–water partition coefficient (Wildman–Crippen LogP) is 2.16. The number of nitrogens with zero attached hydrogens (tertiary/aromatic N) is 2. The largest absolute Gasteiger partial charge is 0.462 e. The Kier molecular flexibility index (Phi) is 8.68. The van der Waals surface area contributed by atoms with E-state index in [9.17, 15) is 9.59 Å². The van der Waals surface area contributed by atoms with Crippen LogP contribution in [0.5, 0.6) is 0 Å². The Morgan fingerprint density at radius 1 is 1.30 bits per heavy atom. The minimum absolute atomic E-state index is 0.0182. The van der Waals surface area contributed by atoms with Gasteiger partial charge in [-0.05, 0) is 48.5 Å². The molecule has 0 aliphatic heterocycles. The lowest BCUT2D eigenvalue weighted by atomic mass is 10.1. The van der Waals surface area contributed by atoms with Crippen molar-refractivity contribution in [3.05, 3.63) is 15.6 Å². The predicted molar refractivity (Wildman–Crippen MR) is 108 cm³/mol. The number of guanidine groups is 1. The van der Waals surface area contributed by atoms with Crippen molar-refractivity contribution in [1.82, 2.24) is 20.9 Å². The number of carbonyl (C=O) groups is 2. The molecule has 3 N–H and O–H groups in total. The molecule has 0 aliphatic rings. The zero-order valence-electron chi connectivity index (χ0n) is 17.2. The topological polar surface area (TPSA) is 105 Å². The van der Waals surface area contributed by atoms with Gasteiger partial charge in [0.25, 0.3) is 0 Å². The van der Waals surface area contributed by atoms with Gasteiger partial charge in [-0.25, -0.2) is 14.8 Å². The number of hydrogen-bond acceptors (Lipinski definition) is 6. The summed E-state index contributed by atoms with van der Waals surface area (Å²) in [6.07, 6.45) is 0. The lowest BCUT2D eigenvalue weighted by Gasteiger charge is -2.20. The smallest absolute Gasteiger partial charge is 0.350 e. The summed E-state index contributed by atoms with van der Waals surface area (Å²) < 4.78 is 5.06. The van der Waals surface area contributed by atoms with Crippen molar-refractivity contribution in [3.63, 3.8) is 0 Å². The van der Waals surface area contributed by atoms with E-state index in [4.69, 9.17) is 4.74 Å². The van der Waals surface area contributed by atoms with Gasteiger partial charge in [-0.2, -0.15) is 0 Å². The number of amides is 1. The molecule has 9 heteroatoms. The van der Waals surface area contributed by atoms with Crippen LogP contribution in [-0.2, 0) is 9.53 Å². The molecule has 1 aromatic rings. The van der Waals surface area contributed by atoms with E-state index < -0.39 is 0 Å². The lowest BCUT2D eigenvalue weighted by Crippen LogP contribution is -2.43. The van der Waals surface area contributed by atoms with Crippen LogP contribution in [0.2, 0.25) is 0 Å². The SMILES string of the molecule is CCNC(=NCC(=O)NC(C)(C)C)NC(C)c1nc(C)c(C(=O)OCC)s1. The zero-order valence-corrected chi connectivity index (χ0v) is 18.0. The van der Waals surface area contributed by atoms with E-state index in [1.165, 1.54) is 11.3 Å². The molecule has 0 bridgehead atoms. The summed E-state index contributed by atoms with van der Waals surface area (Å²) in [6, 6.07) is -0.180. The Labute approximate surface area is 165 Å². The summed E-state index contributed by atoms with van der Waals surface area (Å²) in [7, 11) is 0. The highest BCUT2D eigenvalue weighted by Crippen LogP contribution is 2.24.